The maximum atomic E-state index is 13.3. The van der Waals surface area contributed by atoms with Gasteiger partial charge in [0.05, 0.1) is 23.1 Å². The van der Waals surface area contributed by atoms with Crippen molar-refractivity contribution in [1.29, 1.82) is 0 Å². The van der Waals surface area contributed by atoms with Crippen molar-refractivity contribution < 1.29 is 27.4 Å². The predicted molar refractivity (Wildman–Crippen MR) is 76.4 cm³/mol. The maximum absolute atomic E-state index is 13.3. The lowest BCUT2D eigenvalue weighted by Crippen LogP contribution is -2.31. The lowest BCUT2D eigenvalue weighted by molar-refractivity contribution is 0.0696. The van der Waals surface area contributed by atoms with Crippen LogP contribution in [0.4, 0.5) is 10.1 Å². The molecule has 8 heteroatoms. The summed E-state index contributed by atoms with van der Waals surface area (Å²) in [6.45, 7) is 3.63. The second-order valence-electron chi connectivity index (χ2n) is 4.94. The van der Waals surface area contributed by atoms with Gasteiger partial charge in [-0.15, -0.1) is 0 Å². The third kappa shape index (κ3) is 5.31. The molecule has 6 nitrogen and oxygen atoms in total. The van der Waals surface area contributed by atoms with E-state index in [1.54, 1.807) is 0 Å². The lowest BCUT2D eigenvalue weighted by Gasteiger charge is -2.19. The molecule has 0 heterocycles. The molecule has 0 spiro atoms. The number of carbonyl (C=O) groups is 1. The predicted octanol–water partition coefficient (Wildman–Crippen LogP) is 1.94. The first-order valence-corrected chi connectivity index (χ1v) is 7.87. The van der Waals surface area contributed by atoms with Gasteiger partial charge in [0.2, 0.25) is 10.0 Å². The van der Waals surface area contributed by atoms with Gasteiger partial charge >= 0.3 is 5.97 Å². The summed E-state index contributed by atoms with van der Waals surface area (Å²) < 4.78 is 44.6. The first-order valence-electron chi connectivity index (χ1n) is 6.22. The summed E-state index contributed by atoms with van der Waals surface area (Å²) in [5.41, 5.74) is -0.467. The van der Waals surface area contributed by atoms with Gasteiger partial charge in [0, 0.05) is 7.11 Å². The van der Waals surface area contributed by atoms with Crippen LogP contribution in [0.15, 0.2) is 18.2 Å². The molecule has 0 amide bonds. The van der Waals surface area contributed by atoms with E-state index in [0.717, 1.165) is 18.2 Å². The Bertz CT molecular complexity index is 615. The minimum Gasteiger partial charge on any atom is -0.478 e. The van der Waals surface area contributed by atoms with Crippen LogP contribution in [0.5, 0.6) is 0 Å². The van der Waals surface area contributed by atoms with Crippen LogP contribution in [0.25, 0.3) is 0 Å². The van der Waals surface area contributed by atoms with Crippen LogP contribution >= 0.6 is 0 Å². The van der Waals surface area contributed by atoms with Crippen molar-refractivity contribution in [2.45, 2.75) is 20.0 Å². The Labute approximate surface area is 123 Å². The SMILES string of the molecule is COC(CS(=O)(=O)Nc1cc(F)cc(C(=O)O)c1)C(C)C. The van der Waals surface area contributed by atoms with E-state index in [1.165, 1.54) is 7.11 Å². The third-order valence-electron chi connectivity index (χ3n) is 2.85. The number of hydrogen-bond acceptors (Lipinski definition) is 4. The summed E-state index contributed by atoms with van der Waals surface area (Å²) in [6.07, 6.45) is -0.519. The van der Waals surface area contributed by atoms with Crippen molar-refractivity contribution in [2.75, 3.05) is 17.6 Å². The summed E-state index contributed by atoms with van der Waals surface area (Å²) in [6, 6.07) is 2.79. The number of hydrogen-bond donors (Lipinski definition) is 2. The molecular weight excluding hydrogens is 301 g/mol. The number of nitrogens with one attached hydrogen (secondary N) is 1. The fourth-order valence-electron chi connectivity index (χ4n) is 1.74. The van der Waals surface area contributed by atoms with E-state index in [1.807, 2.05) is 13.8 Å². The molecule has 118 valence electrons. The zero-order valence-electron chi connectivity index (χ0n) is 12.0. The van der Waals surface area contributed by atoms with Crippen LogP contribution in [0.3, 0.4) is 0 Å². The smallest absolute Gasteiger partial charge is 0.335 e. The Morgan fingerprint density at radius 1 is 1.38 bits per heavy atom. The van der Waals surface area contributed by atoms with Gasteiger partial charge in [-0.3, -0.25) is 4.72 Å². The van der Waals surface area contributed by atoms with E-state index >= 15 is 0 Å². The number of rotatable bonds is 7. The minimum absolute atomic E-state index is 0.0198. The van der Waals surface area contributed by atoms with Crippen LogP contribution < -0.4 is 4.72 Å². The number of aromatic carboxylic acids is 1. The second-order valence-corrected chi connectivity index (χ2v) is 6.70. The number of methoxy groups -OCH3 is 1. The molecule has 0 saturated carbocycles. The van der Waals surface area contributed by atoms with Gasteiger partial charge < -0.3 is 9.84 Å². The number of benzene rings is 1. The highest BCUT2D eigenvalue weighted by atomic mass is 32.2. The minimum atomic E-state index is -3.78. The van der Waals surface area contributed by atoms with Gasteiger partial charge in [-0.05, 0) is 24.1 Å². The first kappa shape index (κ1) is 17.4. The number of carboxylic acids is 1. The molecule has 1 unspecified atom stereocenters. The van der Waals surface area contributed by atoms with E-state index in [9.17, 15) is 17.6 Å². The first-order chi connectivity index (χ1) is 9.64. The molecule has 2 N–H and O–H groups in total. The monoisotopic (exact) mass is 319 g/mol. The molecule has 0 aliphatic rings. The highest BCUT2D eigenvalue weighted by molar-refractivity contribution is 7.92. The molecule has 1 rings (SSSR count). The summed E-state index contributed by atoms with van der Waals surface area (Å²) in [4.78, 5) is 10.8. The van der Waals surface area contributed by atoms with Gasteiger partial charge in [0.1, 0.15) is 5.82 Å². The van der Waals surface area contributed by atoms with Crippen LogP contribution in [0.2, 0.25) is 0 Å². The zero-order valence-corrected chi connectivity index (χ0v) is 12.8. The molecule has 0 aromatic heterocycles. The molecule has 0 fully saturated rings. The quantitative estimate of drug-likeness (QED) is 0.801. The summed E-state index contributed by atoms with van der Waals surface area (Å²) >= 11 is 0. The molecule has 1 aromatic carbocycles. The van der Waals surface area contributed by atoms with E-state index in [-0.39, 0.29) is 22.9 Å². The lowest BCUT2D eigenvalue weighted by atomic mass is 10.1. The average molecular weight is 319 g/mol. The molecule has 1 atom stereocenters. The number of anilines is 1. The van der Waals surface area contributed by atoms with Crippen molar-refractivity contribution >= 4 is 21.7 Å². The second kappa shape index (κ2) is 6.86. The fraction of sp³-hybridized carbons (Fsp3) is 0.462. The van der Waals surface area contributed by atoms with Crippen LogP contribution in [-0.4, -0.2) is 38.5 Å². The number of carboxylic acid groups (broad SMARTS) is 1. The Balaban J connectivity index is 2.96. The van der Waals surface area contributed by atoms with Gasteiger partial charge in [-0.2, -0.15) is 0 Å². The maximum Gasteiger partial charge on any atom is 0.335 e. The molecule has 0 aliphatic carbocycles. The Kier molecular flexibility index (Phi) is 5.68. The highest BCUT2D eigenvalue weighted by Gasteiger charge is 2.22. The van der Waals surface area contributed by atoms with E-state index in [2.05, 4.69) is 4.72 Å². The van der Waals surface area contributed by atoms with Gasteiger partial charge in [-0.1, -0.05) is 13.8 Å². The number of ether oxygens (including phenoxy) is 1. The Morgan fingerprint density at radius 3 is 2.48 bits per heavy atom. The summed E-state index contributed by atoms with van der Waals surface area (Å²) in [5, 5.41) is 8.82. The van der Waals surface area contributed by atoms with Crippen LogP contribution in [0, 0.1) is 11.7 Å². The van der Waals surface area contributed by atoms with Crippen molar-refractivity contribution in [3.63, 3.8) is 0 Å². The molecule has 0 radical (unpaired) electrons. The largest absolute Gasteiger partial charge is 0.478 e. The van der Waals surface area contributed by atoms with E-state index in [4.69, 9.17) is 9.84 Å². The van der Waals surface area contributed by atoms with Crippen LogP contribution in [0.1, 0.15) is 24.2 Å². The van der Waals surface area contributed by atoms with Crippen molar-refractivity contribution in [2.24, 2.45) is 5.92 Å². The average Bonchev–Trinajstić information content (AvgIpc) is 2.34. The van der Waals surface area contributed by atoms with Gasteiger partial charge in [0.25, 0.3) is 0 Å². The third-order valence-corrected chi connectivity index (χ3v) is 4.16. The Morgan fingerprint density at radius 2 is 2.00 bits per heavy atom. The van der Waals surface area contributed by atoms with Gasteiger partial charge in [-0.25, -0.2) is 17.6 Å². The van der Waals surface area contributed by atoms with Crippen molar-refractivity contribution in [3.05, 3.63) is 29.6 Å². The molecule has 0 bridgehead atoms. The molecule has 0 aliphatic heterocycles. The molecule has 1 aromatic rings. The topological polar surface area (TPSA) is 92.7 Å². The number of sulfonamides is 1. The summed E-state index contributed by atoms with van der Waals surface area (Å²) in [7, 11) is -2.38. The van der Waals surface area contributed by atoms with E-state index < -0.39 is 27.9 Å². The fourth-order valence-corrected chi connectivity index (χ4v) is 3.26. The van der Waals surface area contributed by atoms with E-state index in [0.29, 0.717) is 0 Å². The van der Waals surface area contributed by atoms with Crippen molar-refractivity contribution in [1.82, 2.24) is 0 Å². The van der Waals surface area contributed by atoms with Crippen LogP contribution in [-0.2, 0) is 14.8 Å². The molecule has 21 heavy (non-hydrogen) atoms. The standard InChI is InChI=1S/C13H18FNO5S/c1-8(2)12(20-3)7-21(18,19)15-11-5-9(13(16)17)4-10(14)6-11/h4-6,8,12,15H,7H2,1-3H3,(H,16,17). The summed E-state index contributed by atoms with van der Waals surface area (Å²) in [5.74, 6) is -2.50. The van der Waals surface area contributed by atoms with Gasteiger partial charge in [0.15, 0.2) is 0 Å². The van der Waals surface area contributed by atoms with Crippen molar-refractivity contribution in [3.8, 4) is 0 Å². The molecular formula is C13H18FNO5S. The number of halogens is 1. The zero-order chi connectivity index (χ0) is 16.2. The highest BCUT2D eigenvalue weighted by Crippen LogP contribution is 2.17. The normalized spacial score (nSPS) is 13.2. The Hall–Kier alpha value is -1.67. The molecule has 0 saturated heterocycles.